The van der Waals surface area contributed by atoms with Crippen molar-refractivity contribution in [3.63, 3.8) is 0 Å². The molecule has 108 valence electrons. The Morgan fingerprint density at radius 2 is 2.10 bits per heavy atom. The van der Waals surface area contributed by atoms with Crippen LogP contribution in [0.5, 0.6) is 0 Å². The van der Waals surface area contributed by atoms with Gasteiger partial charge in [0.25, 0.3) is 0 Å². The van der Waals surface area contributed by atoms with E-state index in [4.69, 9.17) is 0 Å². The summed E-state index contributed by atoms with van der Waals surface area (Å²) in [6, 6.07) is 1.98. The predicted octanol–water partition coefficient (Wildman–Crippen LogP) is -5.36. The molecule has 1 aromatic rings. The normalized spacial score (nSPS) is 12.2. The molecule has 0 saturated heterocycles. The van der Waals surface area contributed by atoms with E-state index in [0.29, 0.717) is 6.42 Å². The first-order chi connectivity index (χ1) is 8.90. The Morgan fingerprint density at radius 1 is 1.48 bits per heavy atom. The van der Waals surface area contributed by atoms with Crippen molar-refractivity contribution in [1.29, 1.82) is 0 Å². The summed E-state index contributed by atoms with van der Waals surface area (Å²) in [6.45, 7) is 5.43. The van der Waals surface area contributed by atoms with Gasteiger partial charge in [0.1, 0.15) is 0 Å². The molecule has 1 heterocycles. The van der Waals surface area contributed by atoms with Crippen molar-refractivity contribution in [2.24, 2.45) is 5.41 Å². The van der Waals surface area contributed by atoms with Crippen LogP contribution in [0.2, 0.25) is 0 Å². The molecule has 0 amide bonds. The van der Waals surface area contributed by atoms with Crippen LogP contribution >= 0.6 is 12.0 Å². The maximum Gasteiger partial charge on any atom is 1.00 e. The van der Waals surface area contributed by atoms with Gasteiger partial charge < -0.3 is 0 Å². The van der Waals surface area contributed by atoms with Crippen molar-refractivity contribution in [1.82, 2.24) is 0 Å². The fourth-order valence-corrected chi connectivity index (χ4v) is 5.74. The number of carboxylic acids is 1. The van der Waals surface area contributed by atoms with Crippen LogP contribution in [0.4, 0.5) is 0 Å². The zero-order valence-electron chi connectivity index (χ0n) is 13.0. The number of hydrogen-bond donors (Lipinski definition) is 0. The Hall–Kier alpha value is 1.97. The molecule has 0 aliphatic carbocycles. The van der Waals surface area contributed by atoms with Crippen LogP contribution in [-0.2, 0) is 14.2 Å². The van der Waals surface area contributed by atoms with Gasteiger partial charge in [0, 0.05) is 0 Å². The topological polar surface area (TPSA) is 81.7 Å². The van der Waals surface area contributed by atoms with Gasteiger partial charge in [0.05, 0.1) is 0 Å². The first-order valence-electron chi connectivity index (χ1n) is 5.83. The average Bonchev–Trinajstić information content (AvgIpc) is 2.81. The molecule has 0 fully saturated rings. The van der Waals surface area contributed by atoms with Crippen LogP contribution in [0.1, 0.15) is 43.1 Å². The van der Waals surface area contributed by atoms with Crippen molar-refractivity contribution in [2.75, 3.05) is 0 Å². The molecule has 0 aromatic carbocycles. The minimum absolute atomic E-state index is 0. The van der Waals surface area contributed by atoms with Crippen LogP contribution < -0.4 is 69.5 Å². The zero-order valence-corrected chi connectivity index (χ0v) is 20.2. The van der Waals surface area contributed by atoms with E-state index >= 15 is 0 Å². The number of carbonyl (C=O) groups is 1. The first kappa shape index (κ1) is 25.2. The van der Waals surface area contributed by atoms with E-state index in [1.807, 2.05) is 13.0 Å². The van der Waals surface area contributed by atoms with Crippen LogP contribution in [0.15, 0.2) is 15.0 Å². The SMILES string of the molecule is CCC(CC(C)(C)C(=O)[O-])c1cc(SOO[O-])c[te]1.[Na+].[Na+]. The van der Waals surface area contributed by atoms with Crippen molar-refractivity contribution < 1.29 is 83.6 Å². The number of rotatable bonds is 8. The molecule has 1 rings (SSSR count). The third-order valence-electron chi connectivity index (χ3n) is 2.96. The molecule has 0 aliphatic heterocycles. The number of carbonyl (C=O) groups excluding carboxylic acids is 1. The van der Waals surface area contributed by atoms with Crippen molar-refractivity contribution in [2.45, 2.75) is 44.4 Å². The molecule has 5 nitrogen and oxygen atoms in total. The van der Waals surface area contributed by atoms with Crippen LogP contribution in [-0.4, -0.2) is 26.4 Å². The van der Waals surface area contributed by atoms with E-state index in [0.717, 1.165) is 23.4 Å². The smallest absolute Gasteiger partial charge is 1.00 e. The second-order valence-electron chi connectivity index (χ2n) is 4.88. The van der Waals surface area contributed by atoms with Gasteiger partial charge in [-0.3, -0.25) is 0 Å². The molecule has 1 unspecified atom stereocenters. The fraction of sp³-hybridized carbons (Fsp3) is 0.583. The van der Waals surface area contributed by atoms with E-state index < -0.39 is 31.8 Å². The van der Waals surface area contributed by atoms with Crippen molar-refractivity contribution >= 4 is 38.4 Å². The second-order valence-corrected chi connectivity index (χ2v) is 8.35. The molecule has 0 radical (unpaired) electrons. The maximum absolute atomic E-state index is 11.1. The van der Waals surface area contributed by atoms with E-state index in [2.05, 4.69) is 13.5 Å². The summed E-state index contributed by atoms with van der Waals surface area (Å²) in [5, 5.41) is 24.2. The fourth-order valence-electron chi connectivity index (χ4n) is 1.79. The number of carboxylic acid groups (broad SMARTS) is 1. The standard InChI is InChI=1S/C12H18O5STe.2Na/c1-4-8(6-12(2,3)11(13)14)10-5-9(7-19-10)18-17-16-15;;/h5,7-8,15H,4,6H2,1-3H3,(H,13,14);;/q;2*+1/p-2. The Labute approximate surface area is 183 Å². The summed E-state index contributed by atoms with van der Waals surface area (Å²) >= 11 is 0.433. The number of aliphatic carboxylic acids is 1. The van der Waals surface area contributed by atoms with E-state index in [1.165, 1.54) is 3.58 Å². The quantitative estimate of drug-likeness (QED) is 0.172. The Morgan fingerprint density at radius 3 is 2.57 bits per heavy atom. The summed E-state index contributed by atoms with van der Waals surface area (Å²) in [4.78, 5) is 11.9. The van der Waals surface area contributed by atoms with Gasteiger partial charge in [-0.1, -0.05) is 0 Å². The first-order valence-corrected chi connectivity index (χ1v) is 9.09. The summed E-state index contributed by atoms with van der Waals surface area (Å²) in [6.07, 6.45) is 1.45. The Bertz CT molecular complexity index is 428. The maximum atomic E-state index is 11.1. The molecular weight excluding hydrogens is 430 g/mol. The largest absolute Gasteiger partial charge is 1.00 e. The minimum atomic E-state index is -1.02. The van der Waals surface area contributed by atoms with Crippen molar-refractivity contribution in [3.05, 3.63) is 13.7 Å². The summed E-state index contributed by atoms with van der Waals surface area (Å²) in [7, 11) is 0. The van der Waals surface area contributed by atoms with Gasteiger partial charge in [-0.2, -0.15) is 0 Å². The molecular formula is C12H16Na2O5STe. The van der Waals surface area contributed by atoms with E-state index in [1.54, 1.807) is 13.8 Å². The predicted molar refractivity (Wildman–Crippen MR) is 67.8 cm³/mol. The molecule has 0 aliphatic rings. The third-order valence-corrected chi connectivity index (χ3v) is 7.10. The third kappa shape index (κ3) is 8.57. The molecule has 0 bridgehead atoms. The van der Waals surface area contributed by atoms with Crippen LogP contribution in [0.25, 0.3) is 0 Å². The van der Waals surface area contributed by atoms with E-state index in [-0.39, 0.29) is 65.0 Å². The van der Waals surface area contributed by atoms with Gasteiger partial charge in [0.15, 0.2) is 0 Å². The molecule has 1 atom stereocenters. The van der Waals surface area contributed by atoms with E-state index in [9.17, 15) is 15.2 Å². The van der Waals surface area contributed by atoms with Gasteiger partial charge >= 0.3 is 186 Å². The molecule has 0 N–H and O–H groups in total. The molecule has 0 spiro atoms. The number of hydrogen-bond acceptors (Lipinski definition) is 6. The van der Waals surface area contributed by atoms with Gasteiger partial charge in [-0.15, -0.1) is 0 Å². The minimum Gasteiger partial charge on any atom is 1.00 e. The molecule has 0 saturated carbocycles. The molecule has 21 heavy (non-hydrogen) atoms. The van der Waals surface area contributed by atoms with Crippen LogP contribution in [0.3, 0.4) is 0 Å². The van der Waals surface area contributed by atoms with Gasteiger partial charge in [-0.05, 0) is 0 Å². The summed E-state index contributed by atoms with van der Waals surface area (Å²) < 4.78 is 7.61. The average molecular weight is 446 g/mol. The summed E-state index contributed by atoms with van der Waals surface area (Å²) in [5.74, 6) is -0.784. The molecule has 1 aromatic heterocycles. The monoisotopic (exact) mass is 448 g/mol. The summed E-state index contributed by atoms with van der Waals surface area (Å²) in [5.41, 5.74) is -0.834. The van der Waals surface area contributed by atoms with Gasteiger partial charge in [0.2, 0.25) is 0 Å². The van der Waals surface area contributed by atoms with Crippen LogP contribution in [0, 0.1) is 5.41 Å². The van der Waals surface area contributed by atoms with Gasteiger partial charge in [-0.25, -0.2) is 0 Å². The second kappa shape index (κ2) is 12.3. The molecule has 9 heteroatoms. The Kier molecular flexibility index (Phi) is 14.8. The van der Waals surface area contributed by atoms with Crippen molar-refractivity contribution in [3.8, 4) is 0 Å². The zero-order chi connectivity index (χ0) is 14.5. The Balaban J connectivity index is 0.